The lowest BCUT2D eigenvalue weighted by atomic mass is 10.1. The third-order valence-corrected chi connectivity index (χ3v) is 3.79. The highest BCUT2D eigenvalue weighted by atomic mass is 19.1. The molecule has 128 valence electrons. The molecular weight excluding hydrogens is 330 g/mol. The van der Waals surface area contributed by atoms with E-state index in [1.165, 1.54) is 24.3 Å². The Kier molecular flexibility index (Phi) is 4.42. The number of aromatic nitrogens is 2. The zero-order valence-corrected chi connectivity index (χ0v) is 13.2. The number of halogens is 2. The van der Waals surface area contributed by atoms with Crippen LogP contribution in [-0.2, 0) is 13.6 Å². The quantitative estimate of drug-likeness (QED) is 0.563. The smallest absolute Gasteiger partial charge is 0.270 e. The molecule has 0 saturated carbocycles. The first kappa shape index (κ1) is 16.6. The molecule has 0 spiro atoms. The second-order valence-electron chi connectivity index (χ2n) is 5.42. The Labute approximate surface area is 141 Å². The van der Waals surface area contributed by atoms with Gasteiger partial charge in [-0.2, -0.15) is 0 Å². The van der Waals surface area contributed by atoms with Crippen LogP contribution in [0.4, 0.5) is 20.4 Å². The largest absolute Gasteiger partial charge is 0.351 e. The van der Waals surface area contributed by atoms with E-state index in [1.54, 1.807) is 29.9 Å². The zero-order chi connectivity index (χ0) is 18.0. The van der Waals surface area contributed by atoms with Crippen molar-refractivity contribution < 1.29 is 13.7 Å². The van der Waals surface area contributed by atoms with Gasteiger partial charge in [0, 0.05) is 42.9 Å². The van der Waals surface area contributed by atoms with Gasteiger partial charge in [-0.15, -0.1) is 0 Å². The second-order valence-corrected chi connectivity index (χ2v) is 5.42. The Morgan fingerprint density at radius 2 is 2.04 bits per heavy atom. The molecule has 0 unspecified atom stereocenters. The van der Waals surface area contributed by atoms with Crippen molar-refractivity contribution in [3.05, 3.63) is 76.0 Å². The third-order valence-electron chi connectivity index (χ3n) is 3.79. The minimum absolute atomic E-state index is 0.0124. The Bertz CT molecular complexity index is 940. The standard InChI is InChI=1S/C17H14F2N4O2/c1-22-16(11-3-2-4-14(7-11)23(24)25)10-21-17(22)20-9-12-5-6-13(18)8-15(12)19/h2-8,10H,9H2,1H3,(H,20,21). The summed E-state index contributed by atoms with van der Waals surface area (Å²) in [6.07, 6.45) is 1.57. The van der Waals surface area contributed by atoms with Crippen LogP contribution in [0.25, 0.3) is 11.3 Å². The van der Waals surface area contributed by atoms with Crippen molar-refractivity contribution in [3.8, 4) is 11.3 Å². The van der Waals surface area contributed by atoms with Gasteiger partial charge in [-0.25, -0.2) is 13.8 Å². The monoisotopic (exact) mass is 344 g/mol. The maximum absolute atomic E-state index is 13.7. The first-order valence-electron chi connectivity index (χ1n) is 7.40. The van der Waals surface area contributed by atoms with Crippen molar-refractivity contribution in [3.63, 3.8) is 0 Å². The average Bonchev–Trinajstić information content (AvgIpc) is 2.95. The Balaban J connectivity index is 1.81. The van der Waals surface area contributed by atoms with Crippen LogP contribution in [0.15, 0.2) is 48.7 Å². The molecule has 1 N–H and O–H groups in total. The van der Waals surface area contributed by atoms with E-state index in [0.29, 0.717) is 22.8 Å². The molecule has 1 heterocycles. The van der Waals surface area contributed by atoms with Gasteiger partial charge in [-0.1, -0.05) is 18.2 Å². The van der Waals surface area contributed by atoms with Crippen LogP contribution in [0.2, 0.25) is 0 Å². The summed E-state index contributed by atoms with van der Waals surface area (Å²) in [5.41, 5.74) is 1.61. The topological polar surface area (TPSA) is 73.0 Å². The Morgan fingerprint density at radius 3 is 2.76 bits per heavy atom. The number of nitrogens with zero attached hydrogens (tertiary/aromatic N) is 3. The molecule has 1 aromatic heterocycles. The highest BCUT2D eigenvalue weighted by Crippen LogP contribution is 2.25. The third kappa shape index (κ3) is 3.47. The predicted molar refractivity (Wildman–Crippen MR) is 89.0 cm³/mol. The molecule has 2 aromatic carbocycles. The summed E-state index contributed by atoms with van der Waals surface area (Å²) in [4.78, 5) is 14.7. The van der Waals surface area contributed by atoms with Gasteiger partial charge in [0.05, 0.1) is 16.8 Å². The molecule has 0 aliphatic carbocycles. The van der Waals surface area contributed by atoms with Crippen molar-refractivity contribution >= 4 is 11.6 Å². The van der Waals surface area contributed by atoms with E-state index < -0.39 is 16.6 Å². The normalized spacial score (nSPS) is 10.7. The molecule has 0 bridgehead atoms. The van der Waals surface area contributed by atoms with Gasteiger partial charge in [-0.3, -0.25) is 10.1 Å². The first-order chi connectivity index (χ1) is 12.0. The van der Waals surface area contributed by atoms with Crippen LogP contribution in [0.5, 0.6) is 0 Å². The van der Waals surface area contributed by atoms with Gasteiger partial charge in [0.2, 0.25) is 5.95 Å². The van der Waals surface area contributed by atoms with Crippen molar-refractivity contribution in [1.82, 2.24) is 9.55 Å². The molecule has 6 nitrogen and oxygen atoms in total. The number of hydrogen-bond donors (Lipinski definition) is 1. The van der Waals surface area contributed by atoms with E-state index in [4.69, 9.17) is 0 Å². The fourth-order valence-electron chi connectivity index (χ4n) is 2.46. The molecule has 25 heavy (non-hydrogen) atoms. The summed E-state index contributed by atoms with van der Waals surface area (Å²) in [6, 6.07) is 9.59. The lowest BCUT2D eigenvalue weighted by Crippen LogP contribution is -2.07. The summed E-state index contributed by atoms with van der Waals surface area (Å²) in [5.74, 6) is -0.808. The number of benzene rings is 2. The Hall–Kier alpha value is -3.29. The lowest BCUT2D eigenvalue weighted by molar-refractivity contribution is -0.384. The predicted octanol–water partition coefficient (Wildman–Crippen LogP) is 3.89. The van der Waals surface area contributed by atoms with Gasteiger partial charge in [0.25, 0.3) is 5.69 Å². The summed E-state index contributed by atoms with van der Waals surface area (Å²) in [6.45, 7) is 0.130. The molecule has 0 aliphatic heterocycles. The molecule has 0 aliphatic rings. The molecule has 8 heteroatoms. The highest BCUT2D eigenvalue weighted by Gasteiger charge is 2.13. The summed E-state index contributed by atoms with van der Waals surface area (Å²) >= 11 is 0. The fourth-order valence-corrected chi connectivity index (χ4v) is 2.46. The minimum atomic E-state index is -0.638. The zero-order valence-electron chi connectivity index (χ0n) is 13.2. The molecule has 0 radical (unpaired) electrons. The van der Waals surface area contributed by atoms with E-state index in [9.17, 15) is 18.9 Å². The number of non-ortho nitro benzene ring substituents is 1. The fraction of sp³-hybridized carbons (Fsp3) is 0.118. The molecular formula is C17H14F2N4O2. The number of hydrogen-bond acceptors (Lipinski definition) is 4. The van der Waals surface area contributed by atoms with Gasteiger partial charge >= 0.3 is 0 Å². The van der Waals surface area contributed by atoms with Crippen LogP contribution < -0.4 is 5.32 Å². The molecule has 0 atom stereocenters. The van der Waals surface area contributed by atoms with Crippen molar-refractivity contribution in [2.24, 2.45) is 7.05 Å². The summed E-state index contributed by atoms with van der Waals surface area (Å²) in [7, 11) is 1.74. The Morgan fingerprint density at radius 1 is 1.24 bits per heavy atom. The van der Waals surface area contributed by atoms with E-state index in [0.717, 1.165) is 6.07 Å². The van der Waals surface area contributed by atoms with Crippen LogP contribution >= 0.6 is 0 Å². The summed E-state index contributed by atoms with van der Waals surface area (Å²) < 4.78 is 28.3. The number of nitrogens with one attached hydrogen (secondary N) is 1. The van der Waals surface area contributed by atoms with Crippen LogP contribution in [0.1, 0.15) is 5.56 Å². The molecule has 3 rings (SSSR count). The maximum atomic E-state index is 13.7. The number of rotatable bonds is 5. The van der Waals surface area contributed by atoms with Crippen LogP contribution in [0.3, 0.4) is 0 Å². The van der Waals surface area contributed by atoms with Crippen molar-refractivity contribution in [2.75, 3.05) is 5.32 Å². The molecule has 0 saturated heterocycles. The minimum Gasteiger partial charge on any atom is -0.351 e. The number of anilines is 1. The highest BCUT2D eigenvalue weighted by molar-refractivity contribution is 5.64. The molecule has 0 fully saturated rings. The molecule has 3 aromatic rings. The first-order valence-corrected chi connectivity index (χ1v) is 7.40. The van der Waals surface area contributed by atoms with E-state index >= 15 is 0 Å². The van der Waals surface area contributed by atoms with Crippen LogP contribution in [0, 0.1) is 21.7 Å². The maximum Gasteiger partial charge on any atom is 0.270 e. The van der Waals surface area contributed by atoms with Gasteiger partial charge in [0.1, 0.15) is 11.6 Å². The second kappa shape index (κ2) is 6.68. The lowest BCUT2D eigenvalue weighted by Gasteiger charge is -2.09. The average molecular weight is 344 g/mol. The van der Waals surface area contributed by atoms with E-state index in [1.807, 2.05) is 0 Å². The van der Waals surface area contributed by atoms with Gasteiger partial charge in [0.15, 0.2) is 0 Å². The van der Waals surface area contributed by atoms with Gasteiger partial charge < -0.3 is 9.88 Å². The number of nitro benzene ring substituents is 1. The number of nitro groups is 1. The van der Waals surface area contributed by atoms with Gasteiger partial charge in [-0.05, 0) is 6.07 Å². The number of imidazole rings is 1. The molecule has 0 amide bonds. The SMILES string of the molecule is Cn1c(-c2cccc([N+](=O)[O-])c2)cnc1NCc1ccc(F)cc1F. The van der Waals surface area contributed by atoms with E-state index in [2.05, 4.69) is 10.3 Å². The van der Waals surface area contributed by atoms with Crippen LogP contribution in [-0.4, -0.2) is 14.5 Å². The van der Waals surface area contributed by atoms with Crippen molar-refractivity contribution in [1.29, 1.82) is 0 Å². The van der Waals surface area contributed by atoms with Crippen molar-refractivity contribution in [2.45, 2.75) is 6.54 Å². The summed E-state index contributed by atoms with van der Waals surface area (Å²) in [5, 5.41) is 13.9. The van der Waals surface area contributed by atoms with E-state index in [-0.39, 0.29) is 12.2 Å².